The van der Waals surface area contributed by atoms with Gasteiger partial charge in [0, 0.05) is 56.5 Å². The molecule has 0 radical (unpaired) electrons. The Bertz CT molecular complexity index is 1300. The number of carbonyl (C=O) groups is 1. The van der Waals surface area contributed by atoms with Crippen LogP contribution in [-0.4, -0.2) is 59.1 Å². The van der Waals surface area contributed by atoms with Crippen molar-refractivity contribution in [2.75, 3.05) is 26.2 Å². The van der Waals surface area contributed by atoms with Crippen molar-refractivity contribution < 1.29 is 14.3 Å². The molecule has 4 atom stereocenters. The van der Waals surface area contributed by atoms with E-state index in [0.717, 1.165) is 77.0 Å². The van der Waals surface area contributed by atoms with Crippen LogP contribution >= 0.6 is 24.8 Å². The summed E-state index contributed by atoms with van der Waals surface area (Å²) in [5, 5.41) is 13.8. The highest BCUT2D eigenvalue weighted by atomic mass is 35.5. The molecule has 2 aromatic carbocycles. The van der Waals surface area contributed by atoms with E-state index in [0.29, 0.717) is 24.1 Å². The molecule has 1 aromatic heterocycles. The number of hydrogen-bond donors (Lipinski definition) is 2. The van der Waals surface area contributed by atoms with Gasteiger partial charge in [-0.05, 0) is 85.5 Å². The number of halogens is 2. The summed E-state index contributed by atoms with van der Waals surface area (Å²) in [4.78, 5) is 18.3. The number of phenolic OH excluding ortho intramolecular Hbond substituents is 1. The van der Waals surface area contributed by atoms with Crippen molar-refractivity contribution >= 4 is 30.7 Å². The van der Waals surface area contributed by atoms with Gasteiger partial charge in [-0.2, -0.15) is 0 Å². The van der Waals surface area contributed by atoms with Crippen LogP contribution in [0.2, 0.25) is 0 Å². The number of hydrogen-bond acceptors (Lipinski definition) is 5. The highest BCUT2D eigenvalue weighted by Crippen LogP contribution is 2.50. The van der Waals surface area contributed by atoms with Crippen LogP contribution < -0.4 is 5.32 Å². The number of benzene rings is 2. The van der Waals surface area contributed by atoms with Crippen LogP contribution in [0.3, 0.4) is 0 Å². The Kier molecular flexibility index (Phi) is 11.0. The molecule has 1 aliphatic carbocycles. The molecule has 0 unspecified atom stereocenters. The smallest absolute Gasteiger partial charge is 0.221 e. The van der Waals surface area contributed by atoms with Gasteiger partial charge in [0.25, 0.3) is 0 Å². The fourth-order valence-corrected chi connectivity index (χ4v) is 7.73. The van der Waals surface area contributed by atoms with Gasteiger partial charge in [-0.1, -0.05) is 43.3 Å². The number of nitrogens with one attached hydrogen (secondary N) is 1. The predicted molar refractivity (Wildman–Crippen MR) is 172 cm³/mol. The molecule has 2 N–H and O–H groups in total. The summed E-state index contributed by atoms with van der Waals surface area (Å²) < 4.78 is 5.56. The third kappa shape index (κ3) is 7.16. The monoisotopic (exact) mass is 613 g/mol. The summed E-state index contributed by atoms with van der Waals surface area (Å²) in [6, 6.07) is 21.1. The van der Waals surface area contributed by atoms with Gasteiger partial charge in [-0.25, -0.2) is 0 Å². The molecule has 3 aromatic rings. The first-order valence-electron chi connectivity index (χ1n) is 15.1. The zero-order valence-corrected chi connectivity index (χ0v) is 26.2. The lowest BCUT2D eigenvalue weighted by molar-refractivity contribution is -0.123. The van der Waals surface area contributed by atoms with Gasteiger partial charge in [0.1, 0.15) is 11.5 Å². The van der Waals surface area contributed by atoms with E-state index in [4.69, 9.17) is 4.42 Å². The zero-order chi connectivity index (χ0) is 27.5. The van der Waals surface area contributed by atoms with Gasteiger partial charge < -0.3 is 14.8 Å². The first-order chi connectivity index (χ1) is 19.5. The predicted octanol–water partition coefficient (Wildman–Crippen LogP) is 6.14. The Hall–Kier alpha value is -2.51. The second-order valence-electron chi connectivity index (χ2n) is 12.4. The van der Waals surface area contributed by atoms with Crippen LogP contribution in [0.5, 0.6) is 5.75 Å². The van der Waals surface area contributed by atoms with E-state index in [1.54, 1.807) is 12.3 Å². The first kappa shape index (κ1) is 32.4. The first-order valence-corrected chi connectivity index (χ1v) is 15.1. The van der Waals surface area contributed by atoms with Crippen LogP contribution in [0.1, 0.15) is 61.5 Å². The maximum Gasteiger partial charge on any atom is 0.221 e. The Morgan fingerprint density at radius 3 is 2.67 bits per heavy atom. The normalized spacial score (nSPS) is 25.5. The van der Waals surface area contributed by atoms with Crippen LogP contribution in [0.15, 0.2) is 71.3 Å². The van der Waals surface area contributed by atoms with E-state index in [1.165, 1.54) is 16.7 Å². The SMILES string of the molecule is C[C@@H]1CN(CCCc2ccco2)[C@H]2C[C@H](NC(=O)CCN3CCc4ccccc4C3)C[C@]1(c1cccc(O)c1)C2.Cl.Cl. The maximum atomic E-state index is 13.3. The minimum absolute atomic E-state index is 0. The lowest BCUT2D eigenvalue weighted by Gasteiger charge is -2.56. The summed E-state index contributed by atoms with van der Waals surface area (Å²) in [7, 11) is 0. The number of piperidine rings is 1. The van der Waals surface area contributed by atoms with E-state index < -0.39 is 0 Å². The van der Waals surface area contributed by atoms with E-state index >= 15 is 0 Å². The molecule has 1 saturated heterocycles. The van der Waals surface area contributed by atoms with Crippen LogP contribution in [-0.2, 0) is 29.6 Å². The minimum atomic E-state index is -0.0479. The van der Waals surface area contributed by atoms with Gasteiger partial charge in [-0.15, -0.1) is 24.8 Å². The molecule has 2 bridgehead atoms. The molecule has 42 heavy (non-hydrogen) atoms. The number of likely N-dealkylation sites (tertiary alicyclic amines) is 1. The second kappa shape index (κ2) is 14.3. The Morgan fingerprint density at radius 2 is 1.88 bits per heavy atom. The molecule has 6 nitrogen and oxygen atoms in total. The molecular formula is C34H45Cl2N3O3. The summed E-state index contributed by atoms with van der Waals surface area (Å²) >= 11 is 0. The van der Waals surface area contributed by atoms with Gasteiger partial charge in [-0.3, -0.25) is 14.6 Å². The standard InChI is InChI=1S/C34H43N3O3.2ClH/c1-25-23-37(15-5-11-32-12-6-18-40-32)30-20-29(21-34(25,22-30)28-9-4-10-31(38)19-28)35-33(39)14-17-36-16-13-26-7-2-3-8-27(26)24-36;;/h2-4,6-10,12,18-19,25,29-30,38H,5,11,13-17,20-24H2,1H3,(H,35,39);2*1H/t25-,29+,30+,34+;;/m1../s1. The molecule has 0 spiro atoms. The highest BCUT2D eigenvalue weighted by molar-refractivity contribution is 5.85. The van der Waals surface area contributed by atoms with Gasteiger partial charge in [0.15, 0.2) is 0 Å². The minimum Gasteiger partial charge on any atom is -0.508 e. The highest BCUT2D eigenvalue weighted by Gasteiger charge is 2.51. The van der Waals surface area contributed by atoms with E-state index in [1.807, 2.05) is 18.2 Å². The van der Waals surface area contributed by atoms with Crippen LogP contribution in [0, 0.1) is 5.92 Å². The number of aryl methyl sites for hydroxylation is 1. The average Bonchev–Trinajstić information content (AvgIpc) is 3.48. The molecule has 8 heteroatoms. The van der Waals surface area contributed by atoms with Gasteiger partial charge in [0.2, 0.25) is 5.91 Å². The topological polar surface area (TPSA) is 69.0 Å². The average molecular weight is 615 g/mol. The number of furan rings is 1. The molecule has 1 amide bonds. The number of aromatic hydroxyl groups is 1. The molecular weight excluding hydrogens is 569 g/mol. The number of rotatable bonds is 9. The second-order valence-corrected chi connectivity index (χ2v) is 12.4. The molecule has 3 heterocycles. The molecule has 2 fully saturated rings. The zero-order valence-electron chi connectivity index (χ0n) is 24.5. The van der Waals surface area contributed by atoms with E-state index in [-0.39, 0.29) is 42.2 Å². The quantitative estimate of drug-likeness (QED) is 0.303. The van der Waals surface area contributed by atoms with Crippen molar-refractivity contribution in [2.45, 2.75) is 75.9 Å². The van der Waals surface area contributed by atoms with Crippen molar-refractivity contribution in [2.24, 2.45) is 5.92 Å². The number of phenols is 1. The number of nitrogens with zero attached hydrogens (tertiary/aromatic N) is 2. The lowest BCUT2D eigenvalue weighted by atomic mass is 9.57. The summed E-state index contributed by atoms with van der Waals surface area (Å²) in [5.74, 6) is 1.95. The third-order valence-corrected chi connectivity index (χ3v) is 9.83. The van der Waals surface area contributed by atoms with Crippen molar-refractivity contribution in [1.29, 1.82) is 0 Å². The summed E-state index contributed by atoms with van der Waals surface area (Å²) in [5.41, 5.74) is 4.00. The largest absolute Gasteiger partial charge is 0.508 e. The lowest BCUT2D eigenvalue weighted by Crippen LogP contribution is -2.61. The van der Waals surface area contributed by atoms with E-state index in [9.17, 15) is 9.90 Å². The van der Waals surface area contributed by atoms with Gasteiger partial charge in [0.05, 0.1) is 6.26 Å². The Morgan fingerprint density at radius 1 is 1.05 bits per heavy atom. The fourth-order valence-electron chi connectivity index (χ4n) is 7.73. The Labute approximate surface area is 262 Å². The van der Waals surface area contributed by atoms with Crippen LogP contribution in [0.4, 0.5) is 0 Å². The molecule has 6 rings (SSSR count). The molecule has 1 saturated carbocycles. The Balaban J connectivity index is 0.00000202. The van der Waals surface area contributed by atoms with E-state index in [2.05, 4.69) is 58.4 Å². The maximum absolute atomic E-state index is 13.3. The van der Waals surface area contributed by atoms with Crippen molar-refractivity contribution in [3.63, 3.8) is 0 Å². The molecule has 3 aliphatic rings. The van der Waals surface area contributed by atoms with Crippen molar-refractivity contribution in [1.82, 2.24) is 15.1 Å². The number of carbonyl (C=O) groups excluding carboxylic acids is 1. The molecule has 2 aliphatic heterocycles. The summed E-state index contributed by atoms with van der Waals surface area (Å²) in [6.45, 7) is 7.17. The third-order valence-electron chi connectivity index (χ3n) is 9.83. The summed E-state index contributed by atoms with van der Waals surface area (Å²) in [6.07, 6.45) is 8.33. The number of fused-ring (bicyclic) bond motifs is 3. The fraction of sp³-hybridized carbons (Fsp3) is 0.500. The van der Waals surface area contributed by atoms with Gasteiger partial charge >= 0.3 is 0 Å². The number of amides is 1. The van der Waals surface area contributed by atoms with Crippen LogP contribution in [0.25, 0.3) is 0 Å². The molecule has 228 valence electrons. The van der Waals surface area contributed by atoms with Crippen molar-refractivity contribution in [3.05, 3.63) is 89.4 Å². The van der Waals surface area contributed by atoms with Crippen molar-refractivity contribution in [3.8, 4) is 5.75 Å².